The standard InChI is InChI=1S/C7H14N2/c1-4-5-6-7(2)9(3)8/h4-6H,8H2,1-3H3/b5-4-,7-6-. The Bertz CT molecular complexity index is 123. The maximum atomic E-state index is 5.41. The lowest BCUT2D eigenvalue weighted by Gasteiger charge is -2.10. The van der Waals surface area contributed by atoms with Crippen LogP contribution in [0.5, 0.6) is 0 Å². The fourth-order valence-corrected chi connectivity index (χ4v) is 0.353. The molecule has 52 valence electrons. The fourth-order valence-electron chi connectivity index (χ4n) is 0.353. The second kappa shape index (κ2) is 4.15. The lowest BCUT2D eigenvalue weighted by Crippen LogP contribution is -2.23. The Balaban J connectivity index is 3.84. The van der Waals surface area contributed by atoms with E-state index in [0.717, 1.165) is 5.70 Å². The number of hydrogen-bond acceptors (Lipinski definition) is 2. The Morgan fingerprint density at radius 1 is 1.56 bits per heavy atom. The van der Waals surface area contributed by atoms with E-state index in [1.54, 1.807) is 5.01 Å². The highest BCUT2D eigenvalue weighted by atomic mass is 15.4. The van der Waals surface area contributed by atoms with Crippen LogP contribution in [-0.4, -0.2) is 12.1 Å². The van der Waals surface area contributed by atoms with Crippen molar-refractivity contribution < 1.29 is 0 Å². The smallest absolute Gasteiger partial charge is 0.0256 e. The van der Waals surface area contributed by atoms with Gasteiger partial charge in [-0.3, -0.25) is 0 Å². The van der Waals surface area contributed by atoms with Gasteiger partial charge in [0.1, 0.15) is 0 Å². The highest BCUT2D eigenvalue weighted by Gasteiger charge is 1.85. The predicted molar refractivity (Wildman–Crippen MR) is 40.5 cm³/mol. The van der Waals surface area contributed by atoms with E-state index in [0.29, 0.717) is 0 Å². The van der Waals surface area contributed by atoms with Crippen molar-refractivity contribution in [2.45, 2.75) is 13.8 Å². The molecule has 0 aliphatic rings. The van der Waals surface area contributed by atoms with Gasteiger partial charge in [-0.25, -0.2) is 5.84 Å². The van der Waals surface area contributed by atoms with E-state index < -0.39 is 0 Å². The summed E-state index contributed by atoms with van der Waals surface area (Å²) in [6.45, 7) is 3.93. The monoisotopic (exact) mass is 126 g/mol. The van der Waals surface area contributed by atoms with Crippen LogP contribution in [0, 0.1) is 0 Å². The van der Waals surface area contributed by atoms with Gasteiger partial charge in [0.2, 0.25) is 0 Å². The Kier molecular flexibility index (Phi) is 3.80. The van der Waals surface area contributed by atoms with Crippen molar-refractivity contribution in [2.75, 3.05) is 7.05 Å². The summed E-state index contributed by atoms with van der Waals surface area (Å²) in [5.74, 6) is 5.41. The minimum Gasteiger partial charge on any atom is -0.319 e. The molecule has 0 spiro atoms. The quantitative estimate of drug-likeness (QED) is 0.343. The first-order chi connectivity index (χ1) is 4.18. The molecule has 0 aromatic rings. The van der Waals surface area contributed by atoms with Gasteiger partial charge in [0, 0.05) is 12.7 Å². The molecular formula is C7H14N2. The third kappa shape index (κ3) is 3.79. The second-order valence-electron chi connectivity index (χ2n) is 1.94. The Morgan fingerprint density at radius 2 is 2.11 bits per heavy atom. The van der Waals surface area contributed by atoms with Gasteiger partial charge in [-0.05, 0) is 19.9 Å². The molecule has 0 aliphatic heterocycles. The molecule has 0 heterocycles. The van der Waals surface area contributed by atoms with E-state index in [-0.39, 0.29) is 0 Å². The molecule has 0 aliphatic carbocycles. The average Bonchev–Trinajstić information content (AvgIpc) is 1.82. The lowest BCUT2D eigenvalue weighted by atomic mass is 10.4. The van der Waals surface area contributed by atoms with E-state index in [1.165, 1.54) is 0 Å². The van der Waals surface area contributed by atoms with Gasteiger partial charge in [-0.2, -0.15) is 0 Å². The zero-order valence-corrected chi connectivity index (χ0v) is 6.26. The molecule has 2 N–H and O–H groups in total. The summed E-state index contributed by atoms with van der Waals surface area (Å²) in [5, 5.41) is 1.58. The average molecular weight is 126 g/mol. The lowest BCUT2D eigenvalue weighted by molar-refractivity contribution is 0.442. The molecule has 0 aromatic carbocycles. The van der Waals surface area contributed by atoms with Crippen molar-refractivity contribution in [3.63, 3.8) is 0 Å². The van der Waals surface area contributed by atoms with Gasteiger partial charge >= 0.3 is 0 Å². The van der Waals surface area contributed by atoms with Crippen LogP contribution in [0.25, 0.3) is 0 Å². The van der Waals surface area contributed by atoms with E-state index in [1.807, 2.05) is 39.1 Å². The van der Waals surface area contributed by atoms with E-state index in [4.69, 9.17) is 5.84 Å². The molecule has 0 aromatic heterocycles. The van der Waals surface area contributed by atoms with Crippen LogP contribution in [0.2, 0.25) is 0 Å². The minimum atomic E-state index is 1.05. The van der Waals surface area contributed by atoms with Crippen LogP contribution < -0.4 is 5.84 Å². The number of rotatable bonds is 2. The summed E-state index contributed by atoms with van der Waals surface area (Å²) < 4.78 is 0. The van der Waals surface area contributed by atoms with Gasteiger partial charge in [0.15, 0.2) is 0 Å². The molecule has 0 saturated heterocycles. The molecule has 0 radical (unpaired) electrons. The van der Waals surface area contributed by atoms with Crippen molar-refractivity contribution in [1.29, 1.82) is 0 Å². The SMILES string of the molecule is C/C=C\C=C(\C)N(C)N. The minimum absolute atomic E-state index is 1.05. The molecule has 0 rings (SSSR count). The number of nitrogens with zero attached hydrogens (tertiary/aromatic N) is 1. The Hall–Kier alpha value is -0.760. The molecule has 0 saturated carbocycles. The normalized spacial score (nSPS) is 12.7. The van der Waals surface area contributed by atoms with Crippen LogP contribution in [0.4, 0.5) is 0 Å². The van der Waals surface area contributed by atoms with Crippen LogP contribution >= 0.6 is 0 Å². The molecular weight excluding hydrogens is 112 g/mol. The largest absolute Gasteiger partial charge is 0.319 e. The summed E-state index contributed by atoms with van der Waals surface area (Å²) in [6, 6.07) is 0. The highest BCUT2D eigenvalue weighted by molar-refractivity contribution is 5.07. The van der Waals surface area contributed by atoms with Crippen molar-refractivity contribution in [3.8, 4) is 0 Å². The maximum Gasteiger partial charge on any atom is 0.0256 e. The molecule has 2 nitrogen and oxygen atoms in total. The summed E-state index contributed by atoms with van der Waals surface area (Å²) in [5.41, 5.74) is 1.05. The van der Waals surface area contributed by atoms with Gasteiger partial charge in [-0.15, -0.1) is 0 Å². The first-order valence-corrected chi connectivity index (χ1v) is 2.96. The molecule has 0 amide bonds. The van der Waals surface area contributed by atoms with Crippen LogP contribution in [0.3, 0.4) is 0 Å². The predicted octanol–water partition coefficient (Wildman–Crippen LogP) is 1.27. The van der Waals surface area contributed by atoms with Crippen molar-refractivity contribution in [2.24, 2.45) is 5.84 Å². The third-order valence-electron chi connectivity index (χ3n) is 1.09. The van der Waals surface area contributed by atoms with Crippen molar-refractivity contribution in [3.05, 3.63) is 23.9 Å². The zero-order chi connectivity index (χ0) is 7.28. The summed E-state index contributed by atoms with van der Waals surface area (Å²) in [4.78, 5) is 0. The van der Waals surface area contributed by atoms with Crippen LogP contribution in [-0.2, 0) is 0 Å². The number of hydrogen-bond donors (Lipinski definition) is 1. The second-order valence-corrected chi connectivity index (χ2v) is 1.94. The van der Waals surface area contributed by atoms with E-state index >= 15 is 0 Å². The van der Waals surface area contributed by atoms with Gasteiger partial charge < -0.3 is 5.01 Å². The summed E-state index contributed by atoms with van der Waals surface area (Å²) >= 11 is 0. The van der Waals surface area contributed by atoms with Gasteiger partial charge in [-0.1, -0.05) is 12.2 Å². The van der Waals surface area contributed by atoms with Crippen LogP contribution in [0.15, 0.2) is 23.9 Å². The molecule has 2 heteroatoms. The first-order valence-electron chi connectivity index (χ1n) is 2.96. The number of hydrazine groups is 1. The highest BCUT2D eigenvalue weighted by Crippen LogP contribution is 1.92. The van der Waals surface area contributed by atoms with E-state index in [2.05, 4.69) is 0 Å². The number of allylic oxidation sites excluding steroid dienone is 4. The van der Waals surface area contributed by atoms with Crippen molar-refractivity contribution >= 4 is 0 Å². The maximum absolute atomic E-state index is 5.41. The van der Waals surface area contributed by atoms with Gasteiger partial charge in [0.05, 0.1) is 0 Å². The molecule has 0 fully saturated rings. The summed E-state index contributed by atoms with van der Waals surface area (Å²) in [7, 11) is 1.81. The molecule has 0 bridgehead atoms. The molecule has 0 atom stereocenters. The Morgan fingerprint density at radius 3 is 2.44 bits per heavy atom. The fraction of sp³-hybridized carbons (Fsp3) is 0.429. The summed E-state index contributed by atoms with van der Waals surface area (Å²) in [6.07, 6.45) is 5.88. The number of nitrogens with two attached hydrogens (primary N) is 1. The van der Waals surface area contributed by atoms with Crippen molar-refractivity contribution in [1.82, 2.24) is 5.01 Å². The third-order valence-corrected chi connectivity index (χ3v) is 1.09. The van der Waals surface area contributed by atoms with Gasteiger partial charge in [0.25, 0.3) is 0 Å². The van der Waals surface area contributed by atoms with E-state index in [9.17, 15) is 0 Å². The molecule has 9 heavy (non-hydrogen) atoms. The zero-order valence-electron chi connectivity index (χ0n) is 6.26. The van der Waals surface area contributed by atoms with Crippen LogP contribution in [0.1, 0.15) is 13.8 Å². The Labute approximate surface area is 56.6 Å². The first kappa shape index (κ1) is 8.24. The topological polar surface area (TPSA) is 29.3 Å². The molecule has 0 unspecified atom stereocenters.